The molecule has 0 saturated carbocycles. The lowest BCUT2D eigenvalue weighted by Gasteiger charge is -2.10. The number of para-hydroxylation sites is 2. The van der Waals surface area contributed by atoms with Gasteiger partial charge in [-0.2, -0.15) is 4.98 Å². The molecule has 160 valence electrons. The maximum absolute atomic E-state index is 12.6. The van der Waals surface area contributed by atoms with E-state index in [9.17, 15) is 4.79 Å². The van der Waals surface area contributed by atoms with Crippen molar-refractivity contribution < 1.29 is 19.0 Å². The van der Waals surface area contributed by atoms with Crippen LogP contribution in [0.5, 0.6) is 23.1 Å². The van der Waals surface area contributed by atoms with Gasteiger partial charge in [-0.1, -0.05) is 24.3 Å². The summed E-state index contributed by atoms with van der Waals surface area (Å²) in [5, 5.41) is 2.86. The van der Waals surface area contributed by atoms with Gasteiger partial charge in [0.05, 0.1) is 19.9 Å². The minimum Gasteiger partial charge on any atom is -0.497 e. The molecule has 0 atom stereocenters. The number of methoxy groups -OCH3 is 2. The number of carbonyl (C=O) groups is 1. The molecule has 0 aliphatic rings. The minimum atomic E-state index is -0.237. The Kier molecular flexibility index (Phi) is 6.27. The van der Waals surface area contributed by atoms with E-state index in [1.807, 2.05) is 24.3 Å². The molecule has 4 aromatic rings. The van der Waals surface area contributed by atoms with Gasteiger partial charge < -0.3 is 19.5 Å². The van der Waals surface area contributed by atoms with Gasteiger partial charge in [0.15, 0.2) is 5.82 Å². The Labute approximate surface area is 185 Å². The third kappa shape index (κ3) is 4.84. The largest absolute Gasteiger partial charge is 0.497 e. The number of aromatic nitrogens is 2. The first-order chi connectivity index (χ1) is 15.7. The van der Waals surface area contributed by atoms with Crippen molar-refractivity contribution in [3.05, 3.63) is 90.6 Å². The SMILES string of the molecule is COc1ccc(Oc2ccnc(-c3ccc(C(=O)Nc4ccccc4OC)cc3)n2)cc1. The molecule has 7 nitrogen and oxygen atoms in total. The van der Waals surface area contributed by atoms with Gasteiger partial charge in [-0.05, 0) is 48.5 Å². The lowest BCUT2D eigenvalue weighted by molar-refractivity contribution is 0.102. The summed E-state index contributed by atoms with van der Waals surface area (Å²) >= 11 is 0. The van der Waals surface area contributed by atoms with Crippen molar-refractivity contribution in [1.82, 2.24) is 9.97 Å². The molecule has 0 aliphatic heterocycles. The number of hydrogen-bond acceptors (Lipinski definition) is 6. The van der Waals surface area contributed by atoms with Crippen LogP contribution in [0.3, 0.4) is 0 Å². The van der Waals surface area contributed by atoms with Gasteiger partial charge >= 0.3 is 0 Å². The first kappa shape index (κ1) is 20.9. The average Bonchev–Trinajstić information content (AvgIpc) is 2.85. The number of rotatable bonds is 7. The number of benzene rings is 3. The number of amides is 1. The molecular formula is C25H21N3O4. The molecular weight excluding hydrogens is 406 g/mol. The van der Waals surface area contributed by atoms with Crippen LogP contribution < -0.4 is 19.5 Å². The second-order valence-corrected chi connectivity index (χ2v) is 6.73. The van der Waals surface area contributed by atoms with Gasteiger partial charge in [-0.15, -0.1) is 0 Å². The van der Waals surface area contributed by atoms with Crippen LogP contribution in [0.1, 0.15) is 10.4 Å². The molecule has 0 fully saturated rings. The normalized spacial score (nSPS) is 10.3. The molecule has 0 radical (unpaired) electrons. The van der Waals surface area contributed by atoms with Crippen molar-refractivity contribution in [2.24, 2.45) is 0 Å². The highest BCUT2D eigenvalue weighted by molar-refractivity contribution is 6.05. The Balaban J connectivity index is 1.47. The Morgan fingerprint density at radius 2 is 1.53 bits per heavy atom. The number of anilines is 1. The molecule has 7 heteroatoms. The van der Waals surface area contributed by atoms with Crippen molar-refractivity contribution in [1.29, 1.82) is 0 Å². The van der Waals surface area contributed by atoms with E-state index in [4.69, 9.17) is 14.2 Å². The summed E-state index contributed by atoms with van der Waals surface area (Å²) in [6, 6.07) is 23.2. The Bertz CT molecular complexity index is 1210. The van der Waals surface area contributed by atoms with Crippen LogP contribution in [0, 0.1) is 0 Å². The molecule has 3 aromatic carbocycles. The number of nitrogens with zero attached hydrogens (tertiary/aromatic N) is 2. The smallest absolute Gasteiger partial charge is 0.255 e. The van der Waals surface area contributed by atoms with Crippen LogP contribution in [0.4, 0.5) is 5.69 Å². The highest BCUT2D eigenvalue weighted by Crippen LogP contribution is 2.26. The van der Waals surface area contributed by atoms with E-state index in [0.29, 0.717) is 34.5 Å². The van der Waals surface area contributed by atoms with Gasteiger partial charge in [0.25, 0.3) is 5.91 Å². The zero-order valence-corrected chi connectivity index (χ0v) is 17.6. The molecule has 0 spiro atoms. The lowest BCUT2D eigenvalue weighted by Crippen LogP contribution is -2.12. The third-order valence-electron chi connectivity index (χ3n) is 4.67. The van der Waals surface area contributed by atoms with Crippen LogP contribution in [-0.4, -0.2) is 30.1 Å². The first-order valence-corrected chi connectivity index (χ1v) is 9.86. The zero-order chi connectivity index (χ0) is 22.3. The third-order valence-corrected chi connectivity index (χ3v) is 4.67. The number of carbonyl (C=O) groups excluding carboxylic acids is 1. The fourth-order valence-corrected chi connectivity index (χ4v) is 3.02. The van der Waals surface area contributed by atoms with Crippen LogP contribution in [0.2, 0.25) is 0 Å². The topological polar surface area (TPSA) is 82.6 Å². The monoisotopic (exact) mass is 427 g/mol. The van der Waals surface area contributed by atoms with E-state index < -0.39 is 0 Å². The molecule has 1 aromatic heterocycles. The standard InChI is InChI=1S/C25H21N3O4/c1-30-19-11-13-20(14-12-19)32-23-15-16-26-24(28-23)17-7-9-18(10-8-17)25(29)27-21-5-3-4-6-22(21)31-2/h3-16H,1-2H3,(H,27,29). The summed E-state index contributed by atoms with van der Waals surface area (Å²) < 4.78 is 16.2. The predicted molar refractivity (Wildman–Crippen MR) is 121 cm³/mol. The van der Waals surface area contributed by atoms with Gasteiger partial charge in [0.1, 0.15) is 17.2 Å². The van der Waals surface area contributed by atoms with Gasteiger partial charge in [0.2, 0.25) is 5.88 Å². The fraction of sp³-hybridized carbons (Fsp3) is 0.0800. The van der Waals surface area contributed by atoms with E-state index >= 15 is 0 Å². The number of hydrogen-bond donors (Lipinski definition) is 1. The Morgan fingerprint density at radius 3 is 2.25 bits per heavy atom. The highest BCUT2D eigenvalue weighted by Gasteiger charge is 2.11. The van der Waals surface area contributed by atoms with E-state index in [0.717, 1.165) is 11.3 Å². The lowest BCUT2D eigenvalue weighted by atomic mass is 10.1. The van der Waals surface area contributed by atoms with Crippen molar-refractivity contribution in [2.45, 2.75) is 0 Å². The summed E-state index contributed by atoms with van der Waals surface area (Å²) in [4.78, 5) is 21.4. The second-order valence-electron chi connectivity index (χ2n) is 6.73. The van der Waals surface area contributed by atoms with E-state index in [1.54, 1.807) is 75.0 Å². The van der Waals surface area contributed by atoms with Crippen molar-refractivity contribution in [3.8, 4) is 34.5 Å². The van der Waals surface area contributed by atoms with E-state index in [2.05, 4.69) is 15.3 Å². The maximum Gasteiger partial charge on any atom is 0.255 e. The Hall–Kier alpha value is -4.39. The van der Waals surface area contributed by atoms with Crippen molar-refractivity contribution in [3.63, 3.8) is 0 Å². The highest BCUT2D eigenvalue weighted by atomic mass is 16.5. The predicted octanol–water partition coefficient (Wildman–Crippen LogP) is 5.21. The van der Waals surface area contributed by atoms with Crippen LogP contribution in [0.25, 0.3) is 11.4 Å². The first-order valence-electron chi connectivity index (χ1n) is 9.86. The van der Waals surface area contributed by atoms with Crippen LogP contribution in [-0.2, 0) is 0 Å². The van der Waals surface area contributed by atoms with Gasteiger partial charge in [0, 0.05) is 23.4 Å². The zero-order valence-electron chi connectivity index (χ0n) is 17.6. The summed E-state index contributed by atoms with van der Waals surface area (Å²) in [5.74, 6) is 2.65. The number of nitrogens with one attached hydrogen (secondary N) is 1. The van der Waals surface area contributed by atoms with Crippen LogP contribution in [0.15, 0.2) is 85.1 Å². The summed E-state index contributed by atoms with van der Waals surface area (Å²) in [5.41, 5.74) is 1.88. The van der Waals surface area contributed by atoms with E-state index in [1.165, 1.54) is 0 Å². The quantitative estimate of drug-likeness (QED) is 0.436. The molecule has 0 aliphatic carbocycles. The van der Waals surface area contributed by atoms with Crippen molar-refractivity contribution >= 4 is 11.6 Å². The van der Waals surface area contributed by atoms with Crippen molar-refractivity contribution in [2.75, 3.05) is 19.5 Å². The maximum atomic E-state index is 12.6. The molecule has 0 saturated heterocycles. The molecule has 1 heterocycles. The van der Waals surface area contributed by atoms with Gasteiger partial charge in [-0.25, -0.2) is 4.98 Å². The molecule has 1 N–H and O–H groups in total. The molecule has 32 heavy (non-hydrogen) atoms. The molecule has 0 bridgehead atoms. The Morgan fingerprint density at radius 1 is 0.812 bits per heavy atom. The molecule has 4 rings (SSSR count). The van der Waals surface area contributed by atoms with Crippen LogP contribution >= 0.6 is 0 Å². The fourth-order valence-electron chi connectivity index (χ4n) is 3.02. The minimum absolute atomic E-state index is 0.237. The molecule has 1 amide bonds. The molecule has 0 unspecified atom stereocenters. The van der Waals surface area contributed by atoms with E-state index in [-0.39, 0.29) is 5.91 Å². The number of ether oxygens (including phenoxy) is 3. The van der Waals surface area contributed by atoms with Gasteiger partial charge in [-0.3, -0.25) is 4.79 Å². The average molecular weight is 427 g/mol. The summed E-state index contributed by atoms with van der Waals surface area (Å²) in [7, 11) is 3.17. The summed E-state index contributed by atoms with van der Waals surface area (Å²) in [6.45, 7) is 0. The summed E-state index contributed by atoms with van der Waals surface area (Å²) in [6.07, 6.45) is 1.63. The second kappa shape index (κ2) is 9.61.